The molecule has 11 heteroatoms. The van der Waals surface area contributed by atoms with Crippen molar-refractivity contribution in [2.24, 2.45) is 0 Å². The Labute approximate surface area is 178 Å². The van der Waals surface area contributed by atoms with Gasteiger partial charge in [0.15, 0.2) is 5.65 Å². The van der Waals surface area contributed by atoms with Crippen molar-refractivity contribution in [2.75, 3.05) is 5.32 Å². The van der Waals surface area contributed by atoms with Gasteiger partial charge in [-0.2, -0.15) is 13.2 Å². The van der Waals surface area contributed by atoms with E-state index in [1.54, 1.807) is 6.92 Å². The third kappa shape index (κ3) is 4.34. The Bertz CT molecular complexity index is 1300. The van der Waals surface area contributed by atoms with Crippen LogP contribution in [0.1, 0.15) is 48.3 Å². The summed E-state index contributed by atoms with van der Waals surface area (Å²) in [7, 11) is 0. The van der Waals surface area contributed by atoms with Crippen LogP contribution in [0.3, 0.4) is 0 Å². The van der Waals surface area contributed by atoms with Gasteiger partial charge in [-0.05, 0) is 37.1 Å². The van der Waals surface area contributed by atoms with Crippen LogP contribution < -0.4 is 16.6 Å². The maximum absolute atomic E-state index is 13.1. The lowest BCUT2D eigenvalue weighted by molar-refractivity contribution is -0.137. The molecule has 0 saturated carbocycles. The Morgan fingerprint density at radius 3 is 2.52 bits per heavy atom. The molecule has 7 nitrogen and oxygen atoms in total. The molecule has 0 aliphatic carbocycles. The highest BCUT2D eigenvalue weighted by Gasteiger charge is 2.33. The average Bonchev–Trinajstić information content (AvgIpc) is 2.67. The predicted octanol–water partition coefficient (Wildman–Crippen LogP) is 4.15. The molecule has 2 aromatic heterocycles. The number of carbonyl (C=O) groups excluding carboxylic acids is 1. The van der Waals surface area contributed by atoms with Gasteiger partial charge in [-0.25, -0.2) is 9.78 Å². The lowest BCUT2D eigenvalue weighted by Crippen LogP contribution is -2.32. The SMILES string of the molecule is CCn1c(=O)[nH]c(=O)c2c(C(=O)Nc3ccc(Cl)c(C(F)(F)F)c3)cc(C(C)C)nc21. The minimum Gasteiger partial charge on any atom is -0.322 e. The zero-order valence-electron chi connectivity index (χ0n) is 16.7. The van der Waals surface area contributed by atoms with E-state index < -0.39 is 33.9 Å². The number of fused-ring (bicyclic) bond motifs is 1. The number of nitrogens with zero attached hydrogens (tertiary/aromatic N) is 2. The van der Waals surface area contributed by atoms with Crippen LogP contribution in [-0.4, -0.2) is 20.4 Å². The number of anilines is 1. The molecule has 0 spiro atoms. The molecule has 3 rings (SSSR count). The highest BCUT2D eigenvalue weighted by atomic mass is 35.5. The van der Waals surface area contributed by atoms with E-state index in [0.29, 0.717) is 11.8 Å². The first kappa shape index (κ1) is 22.5. The summed E-state index contributed by atoms with van der Waals surface area (Å²) in [6, 6.07) is 4.34. The van der Waals surface area contributed by atoms with E-state index in [-0.39, 0.29) is 34.7 Å². The monoisotopic (exact) mass is 454 g/mol. The maximum Gasteiger partial charge on any atom is 0.417 e. The van der Waals surface area contributed by atoms with E-state index in [2.05, 4.69) is 15.3 Å². The molecule has 2 N–H and O–H groups in total. The van der Waals surface area contributed by atoms with Crippen molar-refractivity contribution in [3.8, 4) is 0 Å². The van der Waals surface area contributed by atoms with Crippen molar-refractivity contribution >= 4 is 34.2 Å². The van der Waals surface area contributed by atoms with Crippen molar-refractivity contribution < 1.29 is 18.0 Å². The topological polar surface area (TPSA) is 96.9 Å². The van der Waals surface area contributed by atoms with Gasteiger partial charge >= 0.3 is 11.9 Å². The second-order valence-electron chi connectivity index (χ2n) is 7.10. The number of hydrogen-bond donors (Lipinski definition) is 2. The van der Waals surface area contributed by atoms with Crippen LogP contribution >= 0.6 is 11.6 Å². The third-order valence-electron chi connectivity index (χ3n) is 4.65. The Morgan fingerprint density at radius 1 is 1.26 bits per heavy atom. The van der Waals surface area contributed by atoms with E-state index in [1.807, 2.05) is 13.8 Å². The number of nitrogens with one attached hydrogen (secondary N) is 2. The van der Waals surface area contributed by atoms with Crippen LogP contribution in [0.15, 0.2) is 33.9 Å². The Hall–Kier alpha value is -3.14. The van der Waals surface area contributed by atoms with Crippen molar-refractivity contribution in [2.45, 2.75) is 39.4 Å². The van der Waals surface area contributed by atoms with Crippen LogP contribution in [0.5, 0.6) is 0 Å². The van der Waals surface area contributed by atoms with E-state index in [9.17, 15) is 27.6 Å². The van der Waals surface area contributed by atoms with E-state index >= 15 is 0 Å². The number of hydrogen-bond acceptors (Lipinski definition) is 4. The van der Waals surface area contributed by atoms with Gasteiger partial charge in [-0.1, -0.05) is 25.4 Å². The van der Waals surface area contributed by atoms with Crippen molar-refractivity contribution in [1.82, 2.24) is 14.5 Å². The molecule has 1 amide bonds. The molecule has 3 aromatic rings. The number of H-pyrrole nitrogens is 1. The van der Waals surface area contributed by atoms with Crippen LogP contribution in [-0.2, 0) is 12.7 Å². The van der Waals surface area contributed by atoms with E-state index in [4.69, 9.17) is 11.6 Å². The summed E-state index contributed by atoms with van der Waals surface area (Å²) in [5.74, 6) is -0.973. The van der Waals surface area contributed by atoms with Gasteiger partial charge in [0, 0.05) is 17.9 Å². The molecule has 0 radical (unpaired) electrons. The Kier molecular flexibility index (Phi) is 5.95. The van der Waals surface area contributed by atoms with Gasteiger partial charge in [0.05, 0.1) is 21.5 Å². The molecule has 0 atom stereocenters. The molecule has 0 aliphatic rings. The first-order valence-electron chi connectivity index (χ1n) is 9.29. The van der Waals surface area contributed by atoms with E-state index in [1.165, 1.54) is 16.7 Å². The molecule has 31 heavy (non-hydrogen) atoms. The van der Waals surface area contributed by atoms with Gasteiger partial charge in [0.1, 0.15) is 0 Å². The fraction of sp³-hybridized carbons (Fsp3) is 0.300. The smallest absolute Gasteiger partial charge is 0.322 e. The van der Waals surface area contributed by atoms with Crippen molar-refractivity contribution in [3.63, 3.8) is 0 Å². The van der Waals surface area contributed by atoms with E-state index in [0.717, 1.165) is 6.07 Å². The number of alkyl halides is 3. The number of aromatic nitrogens is 3. The second kappa shape index (κ2) is 8.18. The van der Waals surface area contributed by atoms with Crippen LogP contribution in [0.2, 0.25) is 5.02 Å². The highest BCUT2D eigenvalue weighted by Crippen LogP contribution is 2.36. The predicted molar refractivity (Wildman–Crippen MR) is 111 cm³/mol. The first-order chi connectivity index (χ1) is 14.4. The summed E-state index contributed by atoms with van der Waals surface area (Å²) in [5, 5.41) is 1.73. The number of rotatable bonds is 4. The average molecular weight is 455 g/mol. The molecular formula is C20H18ClF3N4O3. The summed E-state index contributed by atoms with van der Waals surface area (Å²) in [6.45, 7) is 5.49. The van der Waals surface area contributed by atoms with Crippen molar-refractivity contribution in [3.05, 3.63) is 66.9 Å². The minimum atomic E-state index is -4.71. The van der Waals surface area contributed by atoms with Crippen LogP contribution in [0.4, 0.5) is 18.9 Å². The molecule has 2 heterocycles. The number of aryl methyl sites for hydroxylation is 1. The van der Waals surface area contributed by atoms with Crippen LogP contribution in [0.25, 0.3) is 11.0 Å². The second-order valence-corrected chi connectivity index (χ2v) is 7.51. The number of halogens is 4. The Morgan fingerprint density at radius 2 is 1.94 bits per heavy atom. The lowest BCUT2D eigenvalue weighted by atomic mass is 10.0. The molecule has 0 saturated heterocycles. The molecular weight excluding hydrogens is 437 g/mol. The normalized spacial score (nSPS) is 11.9. The van der Waals surface area contributed by atoms with Gasteiger partial charge in [0.2, 0.25) is 0 Å². The molecule has 1 aromatic carbocycles. The van der Waals surface area contributed by atoms with Crippen molar-refractivity contribution in [1.29, 1.82) is 0 Å². The number of pyridine rings is 1. The number of aromatic amines is 1. The molecule has 0 aliphatic heterocycles. The quantitative estimate of drug-likeness (QED) is 0.618. The largest absolute Gasteiger partial charge is 0.417 e. The van der Waals surface area contributed by atoms with Gasteiger partial charge < -0.3 is 5.32 Å². The number of carbonyl (C=O) groups is 1. The lowest BCUT2D eigenvalue weighted by Gasteiger charge is -2.15. The third-order valence-corrected chi connectivity index (χ3v) is 4.98. The van der Waals surface area contributed by atoms with Gasteiger partial charge in [0.25, 0.3) is 11.5 Å². The fourth-order valence-corrected chi connectivity index (χ4v) is 3.31. The summed E-state index contributed by atoms with van der Waals surface area (Å²) >= 11 is 5.62. The van der Waals surface area contributed by atoms with Crippen LogP contribution in [0, 0.1) is 0 Å². The molecule has 0 fully saturated rings. The zero-order valence-corrected chi connectivity index (χ0v) is 17.5. The first-order valence-corrected chi connectivity index (χ1v) is 9.67. The highest BCUT2D eigenvalue weighted by molar-refractivity contribution is 6.31. The molecule has 0 unspecified atom stereocenters. The van der Waals surface area contributed by atoms with Gasteiger partial charge in [-0.15, -0.1) is 0 Å². The maximum atomic E-state index is 13.1. The molecule has 0 bridgehead atoms. The number of amides is 1. The Balaban J connectivity index is 2.20. The molecule has 164 valence electrons. The summed E-state index contributed by atoms with van der Waals surface area (Å²) in [6.07, 6.45) is -4.71. The number of benzene rings is 1. The van der Waals surface area contributed by atoms with Gasteiger partial charge in [-0.3, -0.25) is 19.1 Å². The standard InChI is InChI=1S/C20H18ClF3N4O3/c1-4-28-16-15(18(30)27-19(28)31)11(8-14(26-16)9(2)3)17(29)25-10-5-6-13(21)12(7-10)20(22,23)24/h5-9H,4H2,1-3H3,(H,25,29)(H,27,30,31). The fourth-order valence-electron chi connectivity index (χ4n) is 3.08. The zero-order chi connectivity index (χ0) is 23.1. The summed E-state index contributed by atoms with van der Waals surface area (Å²) in [5.41, 5.74) is -2.39. The minimum absolute atomic E-state index is 0.0275. The summed E-state index contributed by atoms with van der Waals surface area (Å²) < 4.78 is 40.6. The summed E-state index contributed by atoms with van der Waals surface area (Å²) in [4.78, 5) is 44.2.